The molecule has 0 aliphatic carbocycles. The highest BCUT2D eigenvalue weighted by molar-refractivity contribution is 14.1. The van der Waals surface area contributed by atoms with Crippen LogP contribution >= 0.6 is 22.6 Å². The fourth-order valence-corrected chi connectivity index (χ4v) is 1.64. The van der Waals surface area contributed by atoms with E-state index in [2.05, 4.69) is 27.0 Å². The zero-order chi connectivity index (χ0) is 11.2. The summed E-state index contributed by atoms with van der Waals surface area (Å²) in [6.07, 6.45) is 1.77. The third kappa shape index (κ3) is 5.95. The maximum atomic E-state index is 11.6. The van der Waals surface area contributed by atoms with Gasteiger partial charge in [0.2, 0.25) is 0 Å². The molecule has 0 N–H and O–H groups in total. The lowest BCUT2D eigenvalue weighted by Crippen LogP contribution is -2.21. The van der Waals surface area contributed by atoms with Crippen LogP contribution in [0.15, 0.2) is 4.40 Å². The van der Waals surface area contributed by atoms with E-state index < -0.39 is 11.0 Å². The first kappa shape index (κ1) is 14.3. The van der Waals surface area contributed by atoms with Crippen LogP contribution in [0.3, 0.4) is 0 Å². The Kier molecular flexibility index (Phi) is 6.93. The van der Waals surface area contributed by atoms with Gasteiger partial charge in [0.1, 0.15) is 11.0 Å². The van der Waals surface area contributed by atoms with Crippen molar-refractivity contribution in [2.45, 2.75) is 38.4 Å². The zero-order valence-corrected chi connectivity index (χ0v) is 12.1. The van der Waals surface area contributed by atoms with E-state index in [0.29, 0.717) is 5.90 Å². The summed E-state index contributed by atoms with van der Waals surface area (Å²) in [5.41, 5.74) is 0. The Morgan fingerprint density at radius 2 is 2.07 bits per heavy atom. The minimum Gasteiger partial charge on any atom is -0.484 e. The molecule has 0 heterocycles. The van der Waals surface area contributed by atoms with Crippen LogP contribution in [0.25, 0.3) is 0 Å². The molecule has 0 radical (unpaired) electrons. The van der Waals surface area contributed by atoms with Gasteiger partial charge in [-0.05, 0) is 27.2 Å². The first-order chi connectivity index (χ1) is 6.41. The number of methoxy groups -OCH3 is 1. The summed E-state index contributed by atoms with van der Waals surface area (Å²) in [5.74, 6) is 0.593. The third-order valence-electron chi connectivity index (χ3n) is 1.47. The number of nitrogens with zero attached hydrogens (tertiary/aromatic N) is 1. The molecule has 0 saturated carbocycles. The normalized spacial score (nSPS) is 15.4. The number of hydrogen-bond acceptors (Lipinski definition) is 2. The molecule has 0 saturated heterocycles. The van der Waals surface area contributed by atoms with Crippen molar-refractivity contribution in [1.82, 2.24) is 0 Å². The second-order valence-electron chi connectivity index (χ2n) is 3.84. The summed E-state index contributed by atoms with van der Waals surface area (Å²) in [5, 5.41) is 0. The number of ether oxygens (including phenoxy) is 1. The van der Waals surface area contributed by atoms with Crippen LogP contribution in [0.5, 0.6) is 0 Å². The molecule has 1 atom stereocenters. The lowest BCUT2D eigenvalue weighted by Gasteiger charge is -2.14. The number of hydrogen-bond donors (Lipinski definition) is 0. The van der Waals surface area contributed by atoms with Gasteiger partial charge in [-0.15, -0.1) is 0 Å². The zero-order valence-electron chi connectivity index (χ0n) is 9.17. The van der Waals surface area contributed by atoms with Crippen LogP contribution < -0.4 is 0 Å². The van der Waals surface area contributed by atoms with E-state index in [0.717, 1.165) is 17.3 Å². The lowest BCUT2D eigenvalue weighted by atomic mass is 10.3. The maximum absolute atomic E-state index is 11.6. The molecule has 3 nitrogen and oxygen atoms in total. The molecular formula is C9H18INO2S. The van der Waals surface area contributed by atoms with Crippen molar-refractivity contribution in [3.05, 3.63) is 0 Å². The van der Waals surface area contributed by atoms with Crippen molar-refractivity contribution in [1.29, 1.82) is 0 Å². The van der Waals surface area contributed by atoms with Crippen molar-refractivity contribution < 1.29 is 8.95 Å². The van der Waals surface area contributed by atoms with E-state index in [1.807, 2.05) is 20.8 Å². The van der Waals surface area contributed by atoms with Gasteiger partial charge in [-0.3, -0.25) is 0 Å². The summed E-state index contributed by atoms with van der Waals surface area (Å²) < 4.78 is 21.5. The summed E-state index contributed by atoms with van der Waals surface area (Å²) in [7, 11) is 0.365. The average Bonchev–Trinajstić information content (AvgIpc) is 2.10. The maximum Gasteiger partial charge on any atom is 0.197 e. The predicted molar refractivity (Wildman–Crippen MR) is 70.5 cm³/mol. The van der Waals surface area contributed by atoms with E-state index in [1.165, 1.54) is 0 Å². The highest BCUT2D eigenvalue weighted by Gasteiger charge is 2.19. The number of rotatable bonds is 4. The fourth-order valence-electron chi connectivity index (χ4n) is 0.632. The van der Waals surface area contributed by atoms with E-state index >= 15 is 0 Å². The van der Waals surface area contributed by atoms with E-state index in [4.69, 9.17) is 4.74 Å². The van der Waals surface area contributed by atoms with Crippen molar-refractivity contribution in [2.75, 3.05) is 11.5 Å². The van der Waals surface area contributed by atoms with Crippen LogP contribution in [-0.4, -0.2) is 26.4 Å². The van der Waals surface area contributed by atoms with E-state index in [1.54, 1.807) is 7.11 Å². The highest BCUT2D eigenvalue weighted by Crippen LogP contribution is 2.13. The Hall–Kier alpha value is 0.350. The largest absolute Gasteiger partial charge is 0.484 e. The second-order valence-corrected chi connectivity index (χ2v) is 6.83. The summed E-state index contributed by atoms with van der Waals surface area (Å²) >= 11 is 2.30. The molecule has 84 valence electrons. The van der Waals surface area contributed by atoms with Gasteiger partial charge in [-0.1, -0.05) is 22.6 Å². The molecule has 0 aliphatic heterocycles. The SMILES string of the molecule is CO/C(CCCI)=N\[S@](=O)C(C)(C)C. The van der Waals surface area contributed by atoms with Gasteiger partial charge >= 0.3 is 0 Å². The first-order valence-electron chi connectivity index (χ1n) is 4.51. The van der Waals surface area contributed by atoms with Crippen molar-refractivity contribution in [2.24, 2.45) is 4.40 Å². The van der Waals surface area contributed by atoms with Crippen molar-refractivity contribution >= 4 is 39.5 Å². The second kappa shape index (κ2) is 6.76. The monoisotopic (exact) mass is 331 g/mol. The fraction of sp³-hybridized carbons (Fsp3) is 0.889. The summed E-state index contributed by atoms with van der Waals surface area (Å²) in [6.45, 7) is 5.70. The van der Waals surface area contributed by atoms with Gasteiger partial charge in [-0.2, -0.15) is 4.40 Å². The quantitative estimate of drug-likeness (QED) is 0.344. The molecule has 0 aliphatic rings. The van der Waals surface area contributed by atoms with Crippen molar-refractivity contribution in [3.63, 3.8) is 0 Å². The Bertz CT molecular complexity index is 223. The predicted octanol–water partition coefficient (Wildman–Crippen LogP) is 2.71. The van der Waals surface area contributed by atoms with Crippen LogP contribution in [0.2, 0.25) is 0 Å². The van der Waals surface area contributed by atoms with Crippen LogP contribution in [0, 0.1) is 0 Å². The smallest absolute Gasteiger partial charge is 0.197 e. The summed E-state index contributed by atoms with van der Waals surface area (Å²) in [6, 6.07) is 0. The van der Waals surface area contributed by atoms with Crippen LogP contribution in [0.4, 0.5) is 0 Å². The standard InChI is InChI=1S/C9H18INO2S/c1-9(2,3)14(12)11-8(13-4)6-5-7-10/h5-7H2,1-4H3/b11-8-/t14-/m1/s1. The average molecular weight is 331 g/mol. The van der Waals surface area contributed by atoms with Gasteiger partial charge in [0.25, 0.3) is 0 Å². The lowest BCUT2D eigenvalue weighted by molar-refractivity contribution is 0.391. The molecule has 0 fully saturated rings. The highest BCUT2D eigenvalue weighted by atomic mass is 127. The molecule has 0 bridgehead atoms. The number of halogens is 1. The molecule has 0 unspecified atom stereocenters. The molecule has 0 aromatic carbocycles. The van der Waals surface area contributed by atoms with Gasteiger partial charge in [0.05, 0.1) is 11.9 Å². The van der Waals surface area contributed by atoms with Gasteiger partial charge in [0.15, 0.2) is 5.90 Å². The molecular weight excluding hydrogens is 313 g/mol. The molecule has 0 aromatic heterocycles. The summed E-state index contributed by atoms with van der Waals surface area (Å²) in [4.78, 5) is 0. The molecule has 14 heavy (non-hydrogen) atoms. The van der Waals surface area contributed by atoms with Crippen molar-refractivity contribution in [3.8, 4) is 0 Å². The molecule has 0 spiro atoms. The minimum absolute atomic E-state index is 0.311. The first-order valence-corrected chi connectivity index (χ1v) is 7.14. The molecule has 5 heteroatoms. The van der Waals surface area contributed by atoms with Crippen LogP contribution in [-0.2, 0) is 15.7 Å². The topological polar surface area (TPSA) is 38.7 Å². The third-order valence-corrected chi connectivity index (χ3v) is 3.65. The molecule has 0 aromatic rings. The van der Waals surface area contributed by atoms with Gasteiger partial charge < -0.3 is 4.74 Å². The minimum atomic E-state index is -1.21. The van der Waals surface area contributed by atoms with Gasteiger partial charge in [-0.25, -0.2) is 4.21 Å². The molecule has 0 amide bonds. The van der Waals surface area contributed by atoms with Crippen LogP contribution in [0.1, 0.15) is 33.6 Å². The Morgan fingerprint density at radius 3 is 2.43 bits per heavy atom. The van der Waals surface area contributed by atoms with Gasteiger partial charge in [0, 0.05) is 10.8 Å². The Morgan fingerprint density at radius 1 is 1.50 bits per heavy atom. The Labute approximate surface area is 102 Å². The number of alkyl halides is 1. The van der Waals surface area contributed by atoms with E-state index in [9.17, 15) is 4.21 Å². The molecule has 0 rings (SSSR count). The Balaban J connectivity index is 4.36. The van der Waals surface area contributed by atoms with E-state index in [-0.39, 0.29) is 4.75 Å².